The number of nitrogens with zero attached hydrogens (tertiary/aromatic N) is 2. The summed E-state index contributed by atoms with van der Waals surface area (Å²) in [6.07, 6.45) is 3.04. The number of aromatic nitrogens is 2. The number of H-pyrrole nitrogens is 1. The van der Waals surface area contributed by atoms with E-state index in [2.05, 4.69) is 27.3 Å². The molecule has 1 aliphatic carbocycles. The zero-order valence-electron chi connectivity index (χ0n) is 17.7. The topological polar surface area (TPSA) is 70.2 Å². The van der Waals surface area contributed by atoms with E-state index in [9.17, 15) is 4.79 Å². The van der Waals surface area contributed by atoms with Crippen molar-refractivity contribution in [3.05, 3.63) is 54.1 Å². The molecule has 1 saturated carbocycles. The summed E-state index contributed by atoms with van der Waals surface area (Å²) in [5, 5.41) is 4.45. The summed E-state index contributed by atoms with van der Waals surface area (Å²) in [5.41, 5.74) is 3.23. The number of benzene rings is 2. The molecule has 1 saturated heterocycles. The third-order valence-electron chi connectivity index (χ3n) is 5.86. The second-order valence-corrected chi connectivity index (χ2v) is 9.63. The first-order valence-electron chi connectivity index (χ1n) is 11.1. The van der Waals surface area contributed by atoms with Crippen LogP contribution in [0.25, 0.3) is 11.0 Å². The van der Waals surface area contributed by atoms with Crippen LogP contribution in [0.3, 0.4) is 0 Å². The lowest BCUT2D eigenvalue weighted by Gasteiger charge is -2.23. The molecule has 2 aromatic carbocycles. The average Bonchev–Trinajstić information content (AvgIpc) is 3.35. The van der Waals surface area contributed by atoms with Crippen molar-refractivity contribution < 1.29 is 9.53 Å². The molecule has 2 aliphatic rings. The highest BCUT2D eigenvalue weighted by atomic mass is 32.2. The molecule has 7 heteroatoms. The first kappa shape index (κ1) is 20.4. The molecule has 3 aromatic rings. The molecule has 1 aliphatic heterocycles. The van der Waals surface area contributed by atoms with Gasteiger partial charge in [-0.15, -0.1) is 0 Å². The number of carbonyl (C=O) groups excluding carboxylic acids is 1. The summed E-state index contributed by atoms with van der Waals surface area (Å²) in [5.74, 6) is 1.05. The van der Waals surface area contributed by atoms with Gasteiger partial charge in [-0.1, -0.05) is 36.0 Å². The summed E-state index contributed by atoms with van der Waals surface area (Å²) < 4.78 is 5.56. The first-order chi connectivity index (χ1) is 15.2. The first-order valence-corrected chi connectivity index (χ1v) is 11.9. The van der Waals surface area contributed by atoms with E-state index >= 15 is 0 Å². The van der Waals surface area contributed by atoms with Crippen LogP contribution in [-0.2, 0) is 11.3 Å². The molecule has 1 amide bonds. The molecule has 0 spiro atoms. The summed E-state index contributed by atoms with van der Waals surface area (Å²) in [6.45, 7) is 4.26. The Labute approximate surface area is 186 Å². The SMILES string of the molecule is CCOc1ccc(CN2C[C@H](Sc3nc4ccccc4[nH]3)C[C@H]2C(=O)NC2CC2)cc1. The predicted octanol–water partition coefficient (Wildman–Crippen LogP) is 3.98. The Bertz CT molecular complexity index is 1010. The van der Waals surface area contributed by atoms with E-state index in [1.54, 1.807) is 11.8 Å². The van der Waals surface area contributed by atoms with Crippen LogP contribution in [0.5, 0.6) is 5.75 Å². The van der Waals surface area contributed by atoms with Gasteiger partial charge < -0.3 is 15.0 Å². The third-order valence-corrected chi connectivity index (χ3v) is 6.95. The normalized spacial score (nSPS) is 21.5. The molecule has 0 bridgehead atoms. The van der Waals surface area contributed by atoms with Crippen LogP contribution in [0.15, 0.2) is 53.7 Å². The highest BCUT2D eigenvalue weighted by Gasteiger charge is 2.39. The van der Waals surface area contributed by atoms with Crippen LogP contribution >= 0.6 is 11.8 Å². The quantitative estimate of drug-likeness (QED) is 0.559. The van der Waals surface area contributed by atoms with Crippen LogP contribution in [0.4, 0.5) is 0 Å². The number of likely N-dealkylation sites (tertiary alicyclic amines) is 1. The lowest BCUT2D eigenvalue weighted by Crippen LogP contribution is -2.43. The van der Waals surface area contributed by atoms with Gasteiger partial charge >= 0.3 is 0 Å². The Morgan fingerprint density at radius 3 is 2.77 bits per heavy atom. The van der Waals surface area contributed by atoms with Crippen molar-refractivity contribution >= 4 is 28.7 Å². The molecule has 2 heterocycles. The van der Waals surface area contributed by atoms with E-state index in [-0.39, 0.29) is 11.9 Å². The van der Waals surface area contributed by atoms with Crippen LogP contribution < -0.4 is 10.1 Å². The minimum atomic E-state index is -0.103. The van der Waals surface area contributed by atoms with Gasteiger partial charge in [-0.2, -0.15) is 0 Å². The van der Waals surface area contributed by atoms with Gasteiger partial charge in [-0.3, -0.25) is 9.69 Å². The van der Waals surface area contributed by atoms with Crippen LogP contribution in [0, 0.1) is 0 Å². The largest absolute Gasteiger partial charge is 0.494 e. The van der Waals surface area contributed by atoms with E-state index in [0.717, 1.165) is 54.3 Å². The van der Waals surface area contributed by atoms with Gasteiger partial charge in [0, 0.05) is 24.4 Å². The third kappa shape index (κ3) is 4.88. The van der Waals surface area contributed by atoms with E-state index in [1.165, 1.54) is 5.56 Å². The molecule has 31 heavy (non-hydrogen) atoms. The maximum absolute atomic E-state index is 13.0. The molecule has 5 rings (SSSR count). The molecule has 6 nitrogen and oxygen atoms in total. The lowest BCUT2D eigenvalue weighted by atomic mass is 10.1. The number of rotatable bonds is 8. The minimum absolute atomic E-state index is 0.103. The number of amides is 1. The van der Waals surface area contributed by atoms with E-state index < -0.39 is 0 Å². The number of imidazole rings is 1. The Morgan fingerprint density at radius 2 is 2.03 bits per heavy atom. The van der Waals surface area contributed by atoms with Crippen molar-refractivity contribution in [2.45, 2.75) is 55.2 Å². The van der Waals surface area contributed by atoms with E-state index in [0.29, 0.717) is 17.9 Å². The number of hydrogen-bond donors (Lipinski definition) is 2. The maximum atomic E-state index is 13.0. The molecule has 0 unspecified atom stereocenters. The number of nitrogens with one attached hydrogen (secondary N) is 2. The summed E-state index contributed by atoms with van der Waals surface area (Å²) >= 11 is 1.75. The lowest BCUT2D eigenvalue weighted by molar-refractivity contribution is -0.125. The van der Waals surface area contributed by atoms with E-state index in [1.807, 2.05) is 43.3 Å². The number of fused-ring (bicyclic) bond motifs is 1. The van der Waals surface area contributed by atoms with Crippen molar-refractivity contribution in [3.63, 3.8) is 0 Å². The number of aromatic amines is 1. The molecular formula is C24H28N4O2S. The van der Waals surface area contributed by atoms with Crippen LogP contribution in [0.2, 0.25) is 0 Å². The fourth-order valence-electron chi connectivity index (χ4n) is 4.15. The fraction of sp³-hybridized carbons (Fsp3) is 0.417. The van der Waals surface area contributed by atoms with Crippen LogP contribution in [-0.4, -0.2) is 51.3 Å². The van der Waals surface area contributed by atoms with Gasteiger partial charge in [-0.05, 0) is 56.0 Å². The van der Waals surface area contributed by atoms with Crippen molar-refractivity contribution in [2.75, 3.05) is 13.2 Å². The molecule has 2 N–H and O–H groups in total. The van der Waals surface area contributed by atoms with Crippen molar-refractivity contribution in [1.82, 2.24) is 20.2 Å². The standard InChI is InChI=1S/C24H28N4O2S/c1-2-30-18-11-7-16(8-12-18)14-28-15-19(13-22(28)23(29)25-17-9-10-17)31-24-26-20-5-3-4-6-21(20)27-24/h3-8,11-12,17,19,22H,2,9-10,13-15H2,1H3,(H,25,29)(H,26,27)/t19-,22+/m1/s1. The summed E-state index contributed by atoms with van der Waals surface area (Å²) in [7, 11) is 0. The number of ether oxygens (including phenoxy) is 1. The van der Waals surface area contributed by atoms with Gasteiger partial charge in [0.25, 0.3) is 0 Å². The Morgan fingerprint density at radius 1 is 1.23 bits per heavy atom. The molecule has 2 fully saturated rings. The Kier molecular flexibility index (Phi) is 5.87. The monoisotopic (exact) mass is 436 g/mol. The number of carbonyl (C=O) groups is 1. The van der Waals surface area contributed by atoms with Crippen molar-refractivity contribution in [2.24, 2.45) is 0 Å². The number of hydrogen-bond acceptors (Lipinski definition) is 5. The zero-order valence-corrected chi connectivity index (χ0v) is 18.5. The second kappa shape index (κ2) is 8.93. The smallest absolute Gasteiger partial charge is 0.237 e. The Hall–Kier alpha value is -2.51. The summed E-state index contributed by atoms with van der Waals surface area (Å²) in [4.78, 5) is 23.4. The van der Waals surface area contributed by atoms with Gasteiger partial charge in [0.1, 0.15) is 5.75 Å². The van der Waals surface area contributed by atoms with Gasteiger partial charge in [-0.25, -0.2) is 4.98 Å². The Balaban J connectivity index is 1.29. The minimum Gasteiger partial charge on any atom is -0.494 e. The van der Waals surface area contributed by atoms with Gasteiger partial charge in [0.05, 0.1) is 23.7 Å². The summed E-state index contributed by atoms with van der Waals surface area (Å²) in [6, 6.07) is 16.6. The average molecular weight is 437 g/mol. The maximum Gasteiger partial charge on any atom is 0.237 e. The predicted molar refractivity (Wildman–Crippen MR) is 123 cm³/mol. The molecule has 162 valence electrons. The highest BCUT2D eigenvalue weighted by molar-refractivity contribution is 7.99. The second-order valence-electron chi connectivity index (χ2n) is 8.34. The van der Waals surface area contributed by atoms with Gasteiger partial charge in [0.15, 0.2) is 5.16 Å². The molecular weight excluding hydrogens is 408 g/mol. The van der Waals surface area contributed by atoms with Crippen molar-refractivity contribution in [3.8, 4) is 5.75 Å². The highest BCUT2D eigenvalue weighted by Crippen LogP contribution is 2.34. The molecule has 2 atom stereocenters. The van der Waals surface area contributed by atoms with Crippen molar-refractivity contribution in [1.29, 1.82) is 0 Å². The van der Waals surface area contributed by atoms with Crippen LogP contribution in [0.1, 0.15) is 31.7 Å². The molecule has 0 radical (unpaired) electrons. The van der Waals surface area contributed by atoms with Gasteiger partial charge in [0.2, 0.25) is 5.91 Å². The molecule has 1 aromatic heterocycles. The number of thioether (sulfide) groups is 1. The fourth-order valence-corrected chi connectivity index (χ4v) is 5.33. The zero-order chi connectivity index (χ0) is 21.2. The van der Waals surface area contributed by atoms with E-state index in [4.69, 9.17) is 9.72 Å². The number of para-hydroxylation sites is 2.